The first kappa shape index (κ1) is 103. The van der Waals surface area contributed by atoms with Crippen molar-refractivity contribution in [2.75, 3.05) is 174 Å². The summed E-state index contributed by atoms with van der Waals surface area (Å²) in [6.07, 6.45) is 21.5. The van der Waals surface area contributed by atoms with Crippen molar-refractivity contribution < 1.29 is 37.7 Å². The molecule has 6 aromatic carbocycles. The fraction of sp³-hybridized carbons (Fsp3) is 0.492. The van der Waals surface area contributed by atoms with Gasteiger partial charge >= 0.3 is 0 Å². The van der Waals surface area contributed by atoms with Crippen LogP contribution in [-0.2, 0) is 58.0 Å². The first-order valence-corrected chi connectivity index (χ1v) is 53.4. The standard InChI is InChI=1S/C40H47N7O3.C40H47N7O2.C38H44FN7O2/c1-3-37(48)47-21-20-46(25-31(47)12-16-41)39-33-15-19-45(36-9-5-8-30-7-4-6-28(2)38(30)36)26-35(33)43-40(34(39)24-42)50-32-13-17-44(18-14-32)22-23-49-27-29-10-11-29;1-3-37(48)47-24-23-46(26-31(47)15-19-41)39-33-18-22-45(36-14-8-11-29-10-7-9-28(2)38(29)36)27-35(33)43-40(34(39)25-42)49-32-16-20-44(21-17-32)30-12-5-4-6-13-30;1-4-28(22-39)43-17-13-30(14-18-43)48-38-32(23-41)37(45-20-21-46(35(47)5-2)29(24-45)12-16-40)31-15-19-44(25-33(31)42-38)34-11-7-10-27-9-6-8-26(3)36(27)34/h3-9,29,31-32H,1,10-15,17-23,25-27H2,2H3;3,7-11,14,30-32H,1,4-6,12-13,15-18,20-24,26-27H2,2H3;5-11,28-30H,2,4,12-15,17-22,24-25H2,1,3H3/t2*31-;28?,29-/m000/s1. The lowest BCUT2D eigenvalue weighted by atomic mass is 9.92. The molecule has 1 unspecified atom stereocenters. The number of carbonyl (C=O) groups excluding carboxylic acids is 3. The second-order valence-electron chi connectivity index (χ2n) is 41.4. The summed E-state index contributed by atoms with van der Waals surface area (Å²) in [5, 5.41) is 68.5. The molecule has 11 aliphatic rings. The average Bonchev–Trinajstić information content (AvgIpc) is 0.823. The number of halogens is 1. The Morgan fingerprint density at radius 2 is 0.776 bits per heavy atom. The molecule has 28 nitrogen and oxygen atoms in total. The number of nitriles is 6. The topological polar surface area (TPSA) is 308 Å². The summed E-state index contributed by atoms with van der Waals surface area (Å²) < 4.78 is 39.6. The Kier molecular flexibility index (Phi) is 33.5. The van der Waals surface area contributed by atoms with Gasteiger partial charge in [-0.15, -0.1) is 0 Å². The number of benzene rings is 6. The van der Waals surface area contributed by atoms with E-state index in [-0.39, 0.29) is 86.1 Å². The summed E-state index contributed by atoms with van der Waals surface area (Å²) in [6.45, 7) is 35.4. The summed E-state index contributed by atoms with van der Waals surface area (Å²) in [7, 11) is 0. The van der Waals surface area contributed by atoms with E-state index in [0.717, 1.165) is 192 Å². The van der Waals surface area contributed by atoms with Gasteiger partial charge in [0.05, 0.1) is 116 Å². The summed E-state index contributed by atoms with van der Waals surface area (Å²) in [5.41, 5.74) is 16.9. The van der Waals surface area contributed by atoms with Crippen molar-refractivity contribution in [3.05, 3.63) is 214 Å². The van der Waals surface area contributed by atoms with Gasteiger partial charge in [0, 0.05) is 193 Å². The predicted molar refractivity (Wildman–Crippen MR) is 573 cm³/mol. The highest BCUT2D eigenvalue weighted by Gasteiger charge is 2.43. The Bertz CT molecular complexity index is 6590. The summed E-state index contributed by atoms with van der Waals surface area (Å²) in [4.78, 5) is 79.8. The van der Waals surface area contributed by atoms with E-state index in [9.17, 15) is 50.3 Å². The molecule has 3 aromatic heterocycles. The lowest BCUT2D eigenvalue weighted by molar-refractivity contribution is -0.129. The molecule has 147 heavy (non-hydrogen) atoms. The predicted octanol–water partition coefficient (Wildman–Crippen LogP) is 17.3. The van der Waals surface area contributed by atoms with Crippen molar-refractivity contribution in [3.8, 4) is 54.1 Å². The van der Waals surface area contributed by atoms with E-state index in [1.807, 2.05) is 6.92 Å². The van der Waals surface area contributed by atoms with Gasteiger partial charge in [0.15, 0.2) is 0 Å². The number of nitrogens with zero attached hydrogens (tertiary/aromatic N) is 21. The number of pyridine rings is 3. The van der Waals surface area contributed by atoms with Gasteiger partial charge in [0.1, 0.15) is 59.9 Å². The highest BCUT2D eigenvalue weighted by molar-refractivity contribution is 6.00. The molecule has 3 amide bonds. The highest BCUT2D eigenvalue weighted by Crippen LogP contribution is 2.47. The number of aromatic nitrogens is 3. The van der Waals surface area contributed by atoms with E-state index >= 15 is 0 Å². The maximum absolute atomic E-state index is 13.6. The van der Waals surface area contributed by atoms with Gasteiger partial charge in [0.2, 0.25) is 35.4 Å². The van der Waals surface area contributed by atoms with Crippen molar-refractivity contribution in [3.63, 3.8) is 0 Å². The van der Waals surface area contributed by atoms with E-state index in [0.29, 0.717) is 132 Å². The Balaban J connectivity index is 0.000000144. The van der Waals surface area contributed by atoms with Crippen LogP contribution in [0.2, 0.25) is 0 Å². The van der Waals surface area contributed by atoms with Crippen LogP contribution in [0, 0.1) is 94.7 Å². The number of carbonyl (C=O) groups is 3. The molecule has 9 aliphatic heterocycles. The lowest BCUT2D eigenvalue weighted by Crippen LogP contribution is -2.55. The fourth-order valence-corrected chi connectivity index (χ4v) is 24.5. The molecule has 0 spiro atoms. The second kappa shape index (κ2) is 47.7. The van der Waals surface area contributed by atoms with E-state index in [1.54, 1.807) is 14.7 Å². The maximum Gasteiger partial charge on any atom is 0.246 e. The zero-order valence-electron chi connectivity index (χ0n) is 85.9. The normalized spacial score (nSPS) is 20.0. The van der Waals surface area contributed by atoms with Crippen LogP contribution in [0.5, 0.6) is 17.6 Å². The highest BCUT2D eigenvalue weighted by atomic mass is 19.1. The minimum Gasteiger partial charge on any atom is -0.473 e. The van der Waals surface area contributed by atoms with Crippen molar-refractivity contribution >= 4 is 84.2 Å². The quantitative estimate of drug-likeness (QED) is 0.0341. The third kappa shape index (κ3) is 22.8. The maximum atomic E-state index is 13.6. The molecule has 0 radical (unpaired) electrons. The van der Waals surface area contributed by atoms with E-state index < -0.39 is 0 Å². The van der Waals surface area contributed by atoms with Crippen molar-refractivity contribution in [1.29, 1.82) is 31.6 Å². The van der Waals surface area contributed by atoms with E-state index in [1.165, 1.54) is 124 Å². The third-order valence-electron chi connectivity index (χ3n) is 32.4. The number of rotatable bonds is 27. The molecule has 29 heteroatoms. The molecular weight excluding hydrogens is 1840 g/mol. The smallest absolute Gasteiger partial charge is 0.246 e. The first-order chi connectivity index (χ1) is 71.8. The van der Waals surface area contributed by atoms with Gasteiger partial charge in [-0.05, 0) is 186 Å². The zero-order chi connectivity index (χ0) is 102. The number of anilines is 6. The largest absolute Gasteiger partial charge is 0.473 e. The van der Waals surface area contributed by atoms with Crippen LogP contribution in [0.3, 0.4) is 0 Å². The van der Waals surface area contributed by atoms with Crippen molar-refractivity contribution in [2.45, 2.75) is 224 Å². The molecule has 6 saturated heterocycles. The molecule has 8 fully saturated rings. The van der Waals surface area contributed by atoms with E-state index in [2.05, 4.69) is 230 Å². The molecule has 2 aliphatic carbocycles. The van der Waals surface area contributed by atoms with Crippen LogP contribution in [-0.4, -0.2) is 255 Å². The molecule has 12 heterocycles. The minimum absolute atomic E-state index is 0.000789. The van der Waals surface area contributed by atoms with Crippen LogP contribution >= 0.6 is 0 Å². The molecule has 764 valence electrons. The third-order valence-corrected chi connectivity index (χ3v) is 32.4. The fourth-order valence-electron chi connectivity index (χ4n) is 24.5. The van der Waals surface area contributed by atoms with Crippen molar-refractivity contribution in [2.24, 2.45) is 5.92 Å². The molecule has 9 aromatic rings. The molecule has 0 N–H and O–H groups in total. The number of hydrogen-bond acceptors (Lipinski definition) is 25. The Hall–Kier alpha value is -13.9. The SMILES string of the molecule is C=CC(=O)N1CCN(c2c(C#N)c(OC3CCN(C(CC)CF)CC3)nc3c2CCN(c2cccc4cccc(C)c24)C3)C[C@@H]1CC#N.C=CC(=O)N1CCN(c2c(C#N)c(OC3CCN(C4CCCCC4)CC3)nc3c2CCN(c2cccc4cccc(C)c24)C3)C[C@@H]1CC#N.C=CC(=O)N1CCN(c2c(C#N)c(OC3CCN(CCOCC4CC4)CC3)nc3c2CCN(c2cccc4cccc(C)c24)C3)C[C@@H]1CC#N. The summed E-state index contributed by atoms with van der Waals surface area (Å²) in [6, 6.07) is 52.5. The van der Waals surface area contributed by atoms with Gasteiger partial charge in [-0.3, -0.25) is 19.3 Å². The monoisotopic (exact) mass is 1980 g/mol. The summed E-state index contributed by atoms with van der Waals surface area (Å²) in [5.74, 6) is 1.39. The average molecular weight is 1980 g/mol. The number of likely N-dealkylation sites (tertiary alicyclic amines) is 3. The Morgan fingerprint density at radius 3 is 1.10 bits per heavy atom. The molecule has 2 saturated carbocycles. The van der Waals surface area contributed by atoms with Crippen molar-refractivity contribution in [1.82, 2.24) is 44.4 Å². The number of fused-ring (bicyclic) bond motifs is 6. The van der Waals surface area contributed by atoms with Gasteiger partial charge in [0.25, 0.3) is 0 Å². The minimum atomic E-state index is -0.360. The molecule has 0 bridgehead atoms. The summed E-state index contributed by atoms with van der Waals surface area (Å²) >= 11 is 0. The number of amides is 3. The number of aryl methyl sites for hydroxylation is 3. The lowest BCUT2D eigenvalue weighted by Gasteiger charge is -2.43. The number of piperazine rings is 3. The number of piperidine rings is 3. The van der Waals surface area contributed by atoms with Gasteiger partial charge in [-0.1, -0.05) is 137 Å². The second-order valence-corrected chi connectivity index (χ2v) is 41.4. The number of ether oxygens (including phenoxy) is 4. The van der Waals surface area contributed by atoms with E-state index in [4.69, 9.17) is 33.9 Å². The number of hydrogen-bond donors (Lipinski definition) is 0. The van der Waals surface area contributed by atoms with Crippen LogP contribution in [0.15, 0.2) is 147 Å². The number of alkyl halides is 1. The Morgan fingerprint density at radius 1 is 0.429 bits per heavy atom. The van der Waals surface area contributed by atoms with Gasteiger partial charge in [-0.2, -0.15) is 31.6 Å². The van der Waals surface area contributed by atoms with Crippen LogP contribution in [0.25, 0.3) is 32.3 Å². The molecule has 20 rings (SSSR count). The van der Waals surface area contributed by atoms with Crippen LogP contribution < -0.4 is 43.6 Å². The first-order valence-electron chi connectivity index (χ1n) is 53.4. The Labute approximate surface area is 865 Å². The van der Waals surface area contributed by atoms with Crippen LogP contribution in [0.4, 0.5) is 38.5 Å². The molecule has 4 atom stereocenters. The van der Waals surface area contributed by atoms with Gasteiger partial charge < -0.3 is 72.8 Å². The zero-order valence-corrected chi connectivity index (χ0v) is 85.9. The van der Waals surface area contributed by atoms with Gasteiger partial charge in [-0.25, -0.2) is 19.3 Å². The molecular formula is C118H138FN21O7. The van der Waals surface area contributed by atoms with Crippen LogP contribution in [0.1, 0.15) is 183 Å².